The number of amides is 1. The Labute approximate surface area is 137 Å². The first-order valence-electron chi connectivity index (χ1n) is 6.90. The lowest BCUT2D eigenvalue weighted by Gasteiger charge is -2.11. The zero-order valence-electron chi connectivity index (χ0n) is 12.2. The SMILES string of the molecule is CC1=NN(c2ccccc2)C(=O)[C@@H]1N=Nc1cc(Cl)ccc1O. The van der Waals surface area contributed by atoms with Crippen molar-refractivity contribution >= 4 is 34.6 Å². The molecule has 0 spiro atoms. The Morgan fingerprint density at radius 1 is 1.22 bits per heavy atom. The summed E-state index contributed by atoms with van der Waals surface area (Å²) >= 11 is 5.86. The largest absolute Gasteiger partial charge is 0.506 e. The predicted octanol–water partition coefficient (Wildman–Crippen LogP) is 3.92. The van der Waals surface area contributed by atoms with Crippen LogP contribution >= 0.6 is 11.6 Å². The number of hydrogen-bond acceptors (Lipinski definition) is 5. The molecule has 1 aliphatic heterocycles. The molecule has 1 heterocycles. The number of anilines is 1. The Morgan fingerprint density at radius 2 is 1.96 bits per heavy atom. The van der Waals surface area contributed by atoms with Gasteiger partial charge in [-0.1, -0.05) is 29.8 Å². The van der Waals surface area contributed by atoms with Gasteiger partial charge in [-0.15, -0.1) is 0 Å². The monoisotopic (exact) mass is 328 g/mol. The number of rotatable bonds is 3. The molecule has 0 unspecified atom stereocenters. The number of phenols is 1. The number of carbonyl (C=O) groups is 1. The van der Waals surface area contributed by atoms with E-state index in [9.17, 15) is 9.90 Å². The average Bonchev–Trinajstić information content (AvgIpc) is 2.84. The van der Waals surface area contributed by atoms with Crippen LogP contribution in [0.2, 0.25) is 5.02 Å². The molecule has 3 rings (SSSR count). The standard InChI is InChI=1S/C16H13ClN4O2/c1-10-15(19-18-13-9-11(17)7-8-14(13)22)16(23)21(20-10)12-5-3-2-4-6-12/h2-9,15,22H,1H3/t15-/m1/s1. The lowest BCUT2D eigenvalue weighted by molar-refractivity contribution is -0.117. The van der Waals surface area contributed by atoms with Crippen molar-refractivity contribution in [3.8, 4) is 5.75 Å². The smallest absolute Gasteiger partial charge is 0.280 e. The van der Waals surface area contributed by atoms with Gasteiger partial charge in [-0.05, 0) is 37.3 Å². The summed E-state index contributed by atoms with van der Waals surface area (Å²) in [5.74, 6) is -0.350. The molecule has 6 nitrogen and oxygen atoms in total. The van der Waals surface area contributed by atoms with Gasteiger partial charge in [0.1, 0.15) is 11.4 Å². The summed E-state index contributed by atoms with van der Waals surface area (Å²) in [7, 11) is 0. The number of para-hydroxylation sites is 1. The highest BCUT2D eigenvalue weighted by atomic mass is 35.5. The van der Waals surface area contributed by atoms with E-state index in [1.807, 2.05) is 18.2 Å². The minimum atomic E-state index is -0.811. The summed E-state index contributed by atoms with van der Waals surface area (Å²) in [6, 6.07) is 12.7. The first kappa shape index (κ1) is 15.2. The van der Waals surface area contributed by atoms with Gasteiger partial charge in [0, 0.05) is 5.02 Å². The summed E-state index contributed by atoms with van der Waals surface area (Å²) in [6.45, 7) is 1.71. The van der Waals surface area contributed by atoms with Crippen molar-refractivity contribution in [2.45, 2.75) is 13.0 Å². The molecule has 0 aliphatic carbocycles. The molecule has 7 heteroatoms. The molecule has 1 N–H and O–H groups in total. The van der Waals surface area contributed by atoms with E-state index in [2.05, 4.69) is 15.3 Å². The molecular formula is C16H13ClN4O2. The van der Waals surface area contributed by atoms with E-state index in [0.29, 0.717) is 16.4 Å². The van der Waals surface area contributed by atoms with Crippen LogP contribution in [0.3, 0.4) is 0 Å². The van der Waals surface area contributed by atoms with Crippen LogP contribution in [0.5, 0.6) is 5.75 Å². The molecule has 0 saturated heterocycles. The van der Waals surface area contributed by atoms with Gasteiger partial charge < -0.3 is 5.11 Å². The van der Waals surface area contributed by atoms with Crippen molar-refractivity contribution in [2.24, 2.45) is 15.3 Å². The lowest BCUT2D eigenvalue weighted by atomic mass is 10.2. The van der Waals surface area contributed by atoms with E-state index in [0.717, 1.165) is 0 Å². The van der Waals surface area contributed by atoms with E-state index in [4.69, 9.17) is 11.6 Å². The molecule has 0 fully saturated rings. The van der Waals surface area contributed by atoms with E-state index in [1.165, 1.54) is 17.1 Å². The Balaban J connectivity index is 1.85. The molecule has 0 bridgehead atoms. The van der Waals surface area contributed by atoms with Gasteiger partial charge in [-0.2, -0.15) is 20.3 Å². The highest BCUT2D eigenvalue weighted by molar-refractivity contribution is 6.30. The minimum absolute atomic E-state index is 0.0573. The molecule has 1 aliphatic rings. The van der Waals surface area contributed by atoms with E-state index < -0.39 is 6.04 Å². The highest BCUT2D eigenvalue weighted by Gasteiger charge is 2.34. The zero-order chi connectivity index (χ0) is 16.4. The van der Waals surface area contributed by atoms with Crippen LogP contribution in [-0.4, -0.2) is 22.8 Å². The van der Waals surface area contributed by atoms with Crippen LogP contribution in [0.25, 0.3) is 0 Å². The van der Waals surface area contributed by atoms with Crippen molar-refractivity contribution in [1.29, 1.82) is 0 Å². The third-order valence-corrected chi connectivity index (χ3v) is 3.55. The number of hydrogen-bond donors (Lipinski definition) is 1. The van der Waals surface area contributed by atoms with Crippen molar-refractivity contribution in [2.75, 3.05) is 5.01 Å². The van der Waals surface area contributed by atoms with Crippen LogP contribution in [0.1, 0.15) is 6.92 Å². The number of carbonyl (C=O) groups excluding carboxylic acids is 1. The van der Waals surface area contributed by atoms with Crippen LogP contribution in [0.15, 0.2) is 63.9 Å². The third kappa shape index (κ3) is 3.07. The molecular weight excluding hydrogens is 316 g/mol. The molecule has 2 aromatic rings. The second-order valence-electron chi connectivity index (χ2n) is 4.98. The first-order valence-corrected chi connectivity index (χ1v) is 7.27. The Hall–Kier alpha value is -2.73. The maximum Gasteiger partial charge on any atom is 0.280 e. The van der Waals surface area contributed by atoms with Gasteiger partial charge in [-0.25, -0.2) is 0 Å². The quantitative estimate of drug-likeness (QED) is 0.867. The van der Waals surface area contributed by atoms with Gasteiger partial charge in [-0.3, -0.25) is 4.79 Å². The van der Waals surface area contributed by atoms with Crippen molar-refractivity contribution in [1.82, 2.24) is 0 Å². The lowest BCUT2D eigenvalue weighted by Crippen LogP contribution is -2.29. The number of phenolic OH excluding ortho intramolecular Hbond substituents is 1. The Morgan fingerprint density at radius 3 is 2.70 bits per heavy atom. The minimum Gasteiger partial charge on any atom is -0.506 e. The molecule has 0 aromatic heterocycles. The average molecular weight is 329 g/mol. The summed E-state index contributed by atoms with van der Waals surface area (Å²) in [5, 5.41) is 23.6. The summed E-state index contributed by atoms with van der Waals surface area (Å²) in [5.41, 5.74) is 1.40. The molecule has 23 heavy (non-hydrogen) atoms. The third-order valence-electron chi connectivity index (χ3n) is 3.32. The zero-order valence-corrected chi connectivity index (χ0v) is 13.0. The Kier molecular flexibility index (Phi) is 4.08. The first-order chi connectivity index (χ1) is 11.1. The van der Waals surface area contributed by atoms with Crippen LogP contribution in [-0.2, 0) is 4.79 Å². The van der Waals surface area contributed by atoms with Crippen molar-refractivity contribution in [3.63, 3.8) is 0 Å². The van der Waals surface area contributed by atoms with Crippen LogP contribution < -0.4 is 5.01 Å². The number of aromatic hydroxyl groups is 1. The van der Waals surface area contributed by atoms with Gasteiger partial charge in [0.25, 0.3) is 5.91 Å². The van der Waals surface area contributed by atoms with Crippen molar-refractivity contribution < 1.29 is 9.90 Å². The molecule has 0 saturated carbocycles. The number of nitrogens with zero attached hydrogens (tertiary/aromatic N) is 4. The Bertz CT molecular complexity index is 805. The number of halogens is 1. The maximum absolute atomic E-state index is 12.5. The summed E-state index contributed by atoms with van der Waals surface area (Å²) in [4.78, 5) is 12.5. The molecule has 2 aromatic carbocycles. The molecule has 116 valence electrons. The molecule has 1 amide bonds. The van der Waals surface area contributed by atoms with E-state index in [1.54, 1.807) is 25.1 Å². The number of azo groups is 1. The number of benzene rings is 2. The van der Waals surface area contributed by atoms with E-state index >= 15 is 0 Å². The van der Waals surface area contributed by atoms with Gasteiger partial charge in [0.15, 0.2) is 6.04 Å². The fourth-order valence-corrected chi connectivity index (χ4v) is 2.31. The van der Waals surface area contributed by atoms with Crippen molar-refractivity contribution in [3.05, 3.63) is 53.6 Å². The fraction of sp³-hybridized carbons (Fsp3) is 0.125. The molecule has 1 atom stereocenters. The van der Waals surface area contributed by atoms with Gasteiger partial charge in [0.05, 0.1) is 11.4 Å². The van der Waals surface area contributed by atoms with Crippen LogP contribution in [0.4, 0.5) is 11.4 Å². The maximum atomic E-state index is 12.5. The van der Waals surface area contributed by atoms with Crippen LogP contribution in [0, 0.1) is 0 Å². The van der Waals surface area contributed by atoms with Gasteiger partial charge in [0.2, 0.25) is 0 Å². The van der Waals surface area contributed by atoms with E-state index in [-0.39, 0.29) is 17.3 Å². The second kappa shape index (κ2) is 6.18. The highest BCUT2D eigenvalue weighted by Crippen LogP contribution is 2.30. The normalized spacial score (nSPS) is 17.8. The topological polar surface area (TPSA) is 77.6 Å². The van der Waals surface area contributed by atoms with Gasteiger partial charge >= 0.3 is 0 Å². The second-order valence-corrected chi connectivity index (χ2v) is 5.41. The molecule has 0 radical (unpaired) electrons. The summed E-state index contributed by atoms with van der Waals surface area (Å²) < 4.78 is 0. The predicted molar refractivity (Wildman–Crippen MR) is 88.5 cm³/mol. The summed E-state index contributed by atoms with van der Waals surface area (Å²) in [6.07, 6.45) is 0. The number of hydrazone groups is 1. The fourth-order valence-electron chi connectivity index (χ4n) is 2.14.